The summed E-state index contributed by atoms with van der Waals surface area (Å²) in [6, 6.07) is 11.8. The Kier molecular flexibility index (Phi) is 8.57. The lowest BCUT2D eigenvalue weighted by Gasteiger charge is -2.15. The molecular weight excluding hydrogens is 435 g/mol. The number of anilines is 2. The lowest BCUT2D eigenvalue weighted by Crippen LogP contribution is -2.24. The summed E-state index contributed by atoms with van der Waals surface area (Å²) in [4.78, 5) is 35.6. The third-order valence-corrected chi connectivity index (χ3v) is 5.70. The summed E-state index contributed by atoms with van der Waals surface area (Å²) in [5.41, 5.74) is 1.05. The summed E-state index contributed by atoms with van der Waals surface area (Å²) in [7, 11) is 0. The quantitative estimate of drug-likeness (QED) is 0.383. The number of halogens is 2. The molecule has 0 spiro atoms. The Morgan fingerprint density at radius 2 is 1.76 bits per heavy atom. The highest BCUT2D eigenvalue weighted by Crippen LogP contribution is 2.30. The van der Waals surface area contributed by atoms with Crippen molar-refractivity contribution < 1.29 is 19.5 Å². The number of aliphatic carboxylic acids is 1. The van der Waals surface area contributed by atoms with Crippen LogP contribution in [0.1, 0.15) is 13.3 Å². The van der Waals surface area contributed by atoms with E-state index in [0.717, 1.165) is 17.0 Å². The summed E-state index contributed by atoms with van der Waals surface area (Å²) in [6.45, 7) is 1.90. The zero-order valence-corrected chi connectivity index (χ0v) is 17.6. The second-order valence-electron chi connectivity index (χ2n) is 5.82. The number of carboxylic acid groups (broad SMARTS) is 1. The number of benzene rings is 2. The maximum atomic E-state index is 12.6. The van der Waals surface area contributed by atoms with E-state index in [0.29, 0.717) is 27.8 Å². The number of nitrogens with one attached hydrogen (secondary N) is 2. The molecule has 0 bridgehead atoms. The molecule has 0 saturated heterocycles. The van der Waals surface area contributed by atoms with Gasteiger partial charge in [0.25, 0.3) is 0 Å². The average molecular weight is 453 g/mol. The molecule has 9 heteroatoms. The van der Waals surface area contributed by atoms with Crippen LogP contribution in [0.5, 0.6) is 0 Å². The van der Waals surface area contributed by atoms with Crippen LogP contribution in [-0.4, -0.2) is 28.1 Å². The molecule has 2 aromatic carbocycles. The van der Waals surface area contributed by atoms with Gasteiger partial charge in [-0.1, -0.05) is 36.2 Å². The van der Waals surface area contributed by atoms with Gasteiger partial charge in [0.05, 0.1) is 15.3 Å². The van der Waals surface area contributed by atoms with Gasteiger partial charge in [-0.3, -0.25) is 9.59 Å². The minimum absolute atomic E-state index is 0.185. The van der Waals surface area contributed by atoms with Crippen molar-refractivity contribution in [2.75, 3.05) is 10.6 Å². The minimum Gasteiger partial charge on any atom is -0.478 e. The normalized spacial score (nSPS) is 11.8. The van der Waals surface area contributed by atoms with Crippen molar-refractivity contribution in [2.45, 2.75) is 23.5 Å². The van der Waals surface area contributed by atoms with Gasteiger partial charge in [0.2, 0.25) is 11.8 Å². The van der Waals surface area contributed by atoms with Crippen molar-refractivity contribution in [1.29, 1.82) is 0 Å². The fourth-order valence-corrected chi connectivity index (χ4v) is 3.57. The molecule has 0 saturated carbocycles. The van der Waals surface area contributed by atoms with Crippen LogP contribution in [-0.2, 0) is 14.4 Å². The van der Waals surface area contributed by atoms with E-state index in [4.69, 9.17) is 28.3 Å². The van der Waals surface area contributed by atoms with Gasteiger partial charge in [-0.05, 0) is 42.8 Å². The summed E-state index contributed by atoms with van der Waals surface area (Å²) in [5, 5.41) is 14.3. The molecule has 0 aromatic heterocycles. The first-order valence-electron chi connectivity index (χ1n) is 8.53. The van der Waals surface area contributed by atoms with Crippen LogP contribution in [0.25, 0.3) is 0 Å². The Labute approximate surface area is 182 Å². The van der Waals surface area contributed by atoms with Gasteiger partial charge in [-0.15, -0.1) is 11.8 Å². The third-order valence-electron chi connectivity index (χ3n) is 3.61. The maximum absolute atomic E-state index is 12.6. The molecule has 2 aromatic rings. The standard InChI is InChI=1S/C20H18Cl2N2O4S/c1-2-17(20(28)24-13-6-7-15(21)16(22)11-13)29-14-5-3-4-12(10-14)23-18(25)8-9-19(26)27/h3-11,17H,2H2,1H3,(H,23,25)(H,24,28)(H,26,27)/b9-8+. The average Bonchev–Trinajstić information content (AvgIpc) is 2.67. The van der Waals surface area contributed by atoms with Crippen molar-refractivity contribution in [3.63, 3.8) is 0 Å². The third kappa shape index (κ3) is 7.45. The van der Waals surface area contributed by atoms with Gasteiger partial charge >= 0.3 is 5.97 Å². The summed E-state index contributed by atoms with van der Waals surface area (Å²) >= 11 is 13.2. The zero-order chi connectivity index (χ0) is 21.4. The summed E-state index contributed by atoms with van der Waals surface area (Å²) < 4.78 is 0. The van der Waals surface area contributed by atoms with Crippen LogP contribution in [0.2, 0.25) is 10.0 Å². The Balaban J connectivity index is 2.04. The molecule has 29 heavy (non-hydrogen) atoms. The minimum atomic E-state index is -1.21. The molecule has 0 fully saturated rings. The first-order valence-corrected chi connectivity index (χ1v) is 10.2. The molecular formula is C20H18Cl2N2O4S. The fourth-order valence-electron chi connectivity index (χ4n) is 2.26. The van der Waals surface area contributed by atoms with Crippen LogP contribution >= 0.6 is 35.0 Å². The van der Waals surface area contributed by atoms with Gasteiger partial charge in [-0.2, -0.15) is 0 Å². The Hall–Kier alpha value is -2.48. The number of hydrogen-bond acceptors (Lipinski definition) is 4. The van der Waals surface area contributed by atoms with E-state index < -0.39 is 11.9 Å². The lowest BCUT2D eigenvalue weighted by molar-refractivity contribution is -0.131. The molecule has 3 N–H and O–H groups in total. The molecule has 1 atom stereocenters. The number of thioether (sulfide) groups is 1. The van der Waals surface area contributed by atoms with Crippen LogP contribution in [0.15, 0.2) is 59.5 Å². The van der Waals surface area contributed by atoms with Gasteiger partial charge in [0, 0.05) is 28.4 Å². The largest absolute Gasteiger partial charge is 0.478 e. The first-order chi connectivity index (χ1) is 13.8. The maximum Gasteiger partial charge on any atom is 0.328 e. The van der Waals surface area contributed by atoms with E-state index in [1.165, 1.54) is 11.8 Å². The van der Waals surface area contributed by atoms with E-state index in [9.17, 15) is 14.4 Å². The Bertz CT molecular complexity index is 950. The molecule has 0 aliphatic rings. The molecule has 0 heterocycles. The van der Waals surface area contributed by atoms with E-state index in [1.54, 1.807) is 36.4 Å². The molecule has 2 rings (SSSR count). The van der Waals surface area contributed by atoms with Crippen LogP contribution in [0.3, 0.4) is 0 Å². The summed E-state index contributed by atoms with van der Waals surface area (Å²) in [6.07, 6.45) is 2.27. The number of rotatable bonds is 8. The number of carbonyl (C=O) groups excluding carboxylic acids is 2. The predicted octanol–water partition coefficient (Wildman–Crippen LogP) is 5.08. The van der Waals surface area contributed by atoms with Gasteiger partial charge in [0.1, 0.15) is 0 Å². The topological polar surface area (TPSA) is 95.5 Å². The van der Waals surface area contributed by atoms with Crippen LogP contribution in [0, 0.1) is 0 Å². The van der Waals surface area contributed by atoms with Crippen molar-refractivity contribution in [3.8, 4) is 0 Å². The van der Waals surface area contributed by atoms with Crippen molar-refractivity contribution in [2.24, 2.45) is 0 Å². The number of carboxylic acids is 1. The number of amides is 2. The SMILES string of the molecule is CCC(Sc1cccc(NC(=O)/C=C/C(=O)O)c1)C(=O)Nc1ccc(Cl)c(Cl)c1. The monoisotopic (exact) mass is 452 g/mol. The second-order valence-corrected chi connectivity index (χ2v) is 7.91. The highest BCUT2D eigenvalue weighted by molar-refractivity contribution is 8.00. The van der Waals surface area contributed by atoms with Gasteiger partial charge in [-0.25, -0.2) is 4.79 Å². The first kappa shape index (κ1) is 22.8. The van der Waals surface area contributed by atoms with Gasteiger partial charge < -0.3 is 15.7 Å². The van der Waals surface area contributed by atoms with E-state index in [2.05, 4.69) is 10.6 Å². The molecule has 1 unspecified atom stereocenters. The van der Waals surface area contributed by atoms with E-state index in [1.807, 2.05) is 13.0 Å². The Morgan fingerprint density at radius 1 is 1.03 bits per heavy atom. The van der Waals surface area contributed by atoms with Crippen LogP contribution in [0.4, 0.5) is 11.4 Å². The van der Waals surface area contributed by atoms with Crippen molar-refractivity contribution in [3.05, 3.63) is 64.7 Å². The fraction of sp³-hybridized carbons (Fsp3) is 0.150. The summed E-state index contributed by atoms with van der Waals surface area (Å²) in [5.74, 6) is -1.95. The number of carbonyl (C=O) groups is 3. The number of hydrogen-bond donors (Lipinski definition) is 3. The Morgan fingerprint density at radius 3 is 2.41 bits per heavy atom. The predicted molar refractivity (Wildman–Crippen MR) is 117 cm³/mol. The molecule has 0 radical (unpaired) electrons. The molecule has 152 valence electrons. The molecule has 2 amide bonds. The smallest absolute Gasteiger partial charge is 0.328 e. The second kappa shape index (κ2) is 10.9. The van der Waals surface area contributed by atoms with Gasteiger partial charge in [0.15, 0.2) is 0 Å². The van der Waals surface area contributed by atoms with Crippen molar-refractivity contribution in [1.82, 2.24) is 0 Å². The zero-order valence-electron chi connectivity index (χ0n) is 15.3. The lowest BCUT2D eigenvalue weighted by atomic mass is 10.2. The van der Waals surface area contributed by atoms with Crippen molar-refractivity contribution >= 4 is 64.1 Å². The molecule has 0 aliphatic carbocycles. The van der Waals surface area contributed by atoms with E-state index >= 15 is 0 Å². The highest BCUT2D eigenvalue weighted by atomic mass is 35.5. The van der Waals surface area contributed by atoms with E-state index in [-0.39, 0.29) is 11.2 Å². The molecule has 0 aliphatic heterocycles. The van der Waals surface area contributed by atoms with Crippen LogP contribution < -0.4 is 10.6 Å². The molecule has 6 nitrogen and oxygen atoms in total. The highest BCUT2D eigenvalue weighted by Gasteiger charge is 2.18.